The van der Waals surface area contributed by atoms with Crippen LogP contribution in [0.2, 0.25) is 0 Å². The quantitative estimate of drug-likeness (QED) is 0.676. The van der Waals surface area contributed by atoms with Gasteiger partial charge in [-0.15, -0.1) is 17.5 Å². The molecule has 22 heavy (non-hydrogen) atoms. The number of anilines is 1. The lowest BCUT2D eigenvalue weighted by Gasteiger charge is -2.11. The summed E-state index contributed by atoms with van der Waals surface area (Å²) < 4.78 is 31.6. The number of hydrogen-bond donors (Lipinski definition) is 1. The summed E-state index contributed by atoms with van der Waals surface area (Å²) >= 11 is 0. The maximum atomic E-state index is 11.2. The van der Waals surface area contributed by atoms with E-state index in [2.05, 4.69) is 10.2 Å². The Hall–Kier alpha value is -1.96. The Kier molecular flexibility index (Phi) is 6.04. The Morgan fingerprint density at radius 3 is 2.09 bits per heavy atom. The molecule has 0 fully saturated rings. The van der Waals surface area contributed by atoms with Crippen molar-refractivity contribution in [2.24, 2.45) is 10.2 Å². The maximum Gasteiger partial charge on any atom is 0.296 e. The molecule has 0 heterocycles. The number of azo groups is 1. The van der Waals surface area contributed by atoms with Crippen molar-refractivity contribution >= 4 is 39.6 Å². The van der Waals surface area contributed by atoms with Gasteiger partial charge in [0, 0.05) is 19.8 Å². The summed E-state index contributed by atoms with van der Waals surface area (Å²) in [6.07, 6.45) is 0. The van der Waals surface area contributed by atoms with Gasteiger partial charge in [0.05, 0.1) is 5.69 Å². The second-order valence-electron chi connectivity index (χ2n) is 4.55. The van der Waals surface area contributed by atoms with Crippen LogP contribution in [0, 0.1) is 0 Å². The number of benzene rings is 2. The van der Waals surface area contributed by atoms with E-state index >= 15 is 0 Å². The predicted octanol–water partition coefficient (Wildman–Crippen LogP) is 3.84. The molecule has 0 aliphatic rings. The van der Waals surface area contributed by atoms with Gasteiger partial charge in [0.15, 0.2) is 0 Å². The smallest absolute Gasteiger partial charge is 0.296 e. The lowest BCUT2D eigenvalue weighted by atomic mass is 10.3. The molecular weight excluding hydrogens is 326 g/mol. The predicted molar refractivity (Wildman–Crippen MR) is 88.4 cm³/mol. The molecule has 0 unspecified atom stereocenters. The first-order valence-electron chi connectivity index (χ1n) is 6.13. The average Bonchev–Trinajstić information content (AvgIpc) is 2.45. The van der Waals surface area contributed by atoms with E-state index in [1.54, 1.807) is 18.2 Å². The topological polar surface area (TPSA) is 82.3 Å². The van der Waals surface area contributed by atoms with Crippen LogP contribution in [0.5, 0.6) is 0 Å². The Morgan fingerprint density at radius 1 is 0.955 bits per heavy atom. The van der Waals surface area contributed by atoms with E-state index in [1.165, 1.54) is 18.2 Å². The highest BCUT2D eigenvalue weighted by Gasteiger charge is 2.14. The van der Waals surface area contributed by atoms with Crippen molar-refractivity contribution in [3.63, 3.8) is 0 Å². The van der Waals surface area contributed by atoms with Crippen molar-refractivity contribution in [2.45, 2.75) is 4.90 Å². The van der Waals surface area contributed by atoms with Gasteiger partial charge in [0.25, 0.3) is 10.1 Å². The van der Waals surface area contributed by atoms with E-state index in [-0.39, 0.29) is 23.0 Å². The maximum absolute atomic E-state index is 11.2. The zero-order chi connectivity index (χ0) is 15.5. The molecular formula is C14H16ClN3O3S. The first-order valence-corrected chi connectivity index (χ1v) is 7.57. The zero-order valence-corrected chi connectivity index (χ0v) is 13.7. The Balaban J connectivity index is 0.00000242. The second-order valence-corrected chi connectivity index (χ2v) is 5.94. The fourth-order valence-electron chi connectivity index (χ4n) is 1.69. The molecule has 118 valence electrons. The number of hydrogen-bond acceptors (Lipinski definition) is 5. The van der Waals surface area contributed by atoms with Crippen LogP contribution >= 0.6 is 12.4 Å². The van der Waals surface area contributed by atoms with Gasteiger partial charge in [-0.25, -0.2) is 0 Å². The van der Waals surface area contributed by atoms with Gasteiger partial charge in [0.1, 0.15) is 10.6 Å². The van der Waals surface area contributed by atoms with Gasteiger partial charge in [-0.3, -0.25) is 4.55 Å². The molecule has 0 aromatic heterocycles. The highest BCUT2D eigenvalue weighted by atomic mass is 35.5. The lowest BCUT2D eigenvalue weighted by Crippen LogP contribution is -2.07. The summed E-state index contributed by atoms with van der Waals surface area (Å²) in [4.78, 5) is 1.69. The fraction of sp³-hybridized carbons (Fsp3) is 0.143. The molecule has 0 aliphatic heterocycles. The minimum Gasteiger partial charge on any atom is -0.378 e. The van der Waals surface area contributed by atoms with E-state index < -0.39 is 10.1 Å². The molecule has 0 saturated carbocycles. The lowest BCUT2D eigenvalue weighted by molar-refractivity contribution is 0.483. The fourth-order valence-corrected chi connectivity index (χ4v) is 2.31. The molecule has 0 spiro atoms. The minimum absolute atomic E-state index is 0. The Labute approximate surface area is 135 Å². The van der Waals surface area contributed by atoms with Gasteiger partial charge in [0.2, 0.25) is 0 Å². The van der Waals surface area contributed by atoms with Crippen LogP contribution in [0.25, 0.3) is 0 Å². The Bertz CT molecular complexity index is 759. The zero-order valence-electron chi connectivity index (χ0n) is 12.0. The standard InChI is InChI=1S/C14H15N3O3S.ClH/c1-17(2)12-9-7-11(8-10-12)15-16-13-5-3-4-6-14(13)21(18,19)20;/h3-10H,1-2H3,(H,18,19,20);1H. The summed E-state index contributed by atoms with van der Waals surface area (Å²) in [5, 5.41) is 7.87. The molecule has 0 aliphatic carbocycles. The van der Waals surface area contributed by atoms with E-state index in [1.807, 2.05) is 31.1 Å². The van der Waals surface area contributed by atoms with Crippen LogP contribution in [-0.4, -0.2) is 27.1 Å². The summed E-state index contributed by atoms with van der Waals surface area (Å²) in [6, 6.07) is 13.2. The van der Waals surface area contributed by atoms with Gasteiger partial charge in [-0.2, -0.15) is 13.5 Å². The molecule has 0 amide bonds. The van der Waals surface area contributed by atoms with Crippen molar-refractivity contribution in [1.29, 1.82) is 0 Å². The average molecular weight is 342 g/mol. The van der Waals surface area contributed by atoms with Crippen molar-refractivity contribution in [1.82, 2.24) is 0 Å². The summed E-state index contributed by atoms with van der Waals surface area (Å²) in [7, 11) is -0.457. The van der Waals surface area contributed by atoms with Crippen molar-refractivity contribution in [3.05, 3.63) is 48.5 Å². The molecule has 6 nitrogen and oxygen atoms in total. The van der Waals surface area contributed by atoms with E-state index in [0.717, 1.165) is 5.69 Å². The summed E-state index contributed by atoms with van der Waals surface area (Å²) in [6.45, 7) is 0. The normalized spacial score (nSPS) is 11.2. The van der Waals surface area contributed by atoms with Gasteiger partial charge >= 0.3 is 0 Å². The van der Waals surface area contributed by atoms with Crippen molar-refractivity contribution in [2.75, 3.05) is 19.0 Å². The first-order chi connectivity index (χ1) is 9.88. The molecule has 1 N–H and O–H groups in total. The van der Waals surface area contributed by atoms with Gasteiger partial charge in [-0.1, -0.05) is 12.1 Å². The highest BCUT2D eigenvalue weighted by Crippen LogP contribution is 2.26. The van der Waals surface area contributed by atoms with E-state index in [0.29, 0.717) is 5.69 Å². The molecule has 0 atom stereocenters. The van der Waals surface area contributed by atoms with Crippen molar-refractivity contribution < 1.29 is 13.0 Å². The van der Waals surface area contributed by atoms with Gasteiger partial charge in [-0.05, 0) is 36.4 Å². The van der Waals surface area contributed by atoms with E-state index in [9.17, 15) is 8.42 Å². The number of nitrogens with zero attached hydrogens (tertiary/aromatic N) is 3. The van der Waals surface area contributed by atoms with Gasteiger partial charge < -0.3 is 4.90 Å². The monoisotopic (exact) mass is 341 g/mol. The minimum atomic E-state index is -4.32. The third-order valence-corrected chi connectivity index (χ3v) is 3.68. The Morgan fingerprint density at radius 2 is 1.55 bits per heavy atom. The van der Waals surface area contributed by atoms with Crippen molar-refractivity contribution in [3.8, 4) is 0 Å². The molecule has 8 heteroatoms. The molecule has 0 bridgehead atoms. The first kappa shape index (κ1) is 18.1. The largest absolute Gasteiger partial charge is 0.378 e. The SMILES string of the molecule is CN(C)c1ccc(N=Nc2ccccc2S(=O)(=O)O)cc1.Cl. The molecule has 2 aromatic carbocycles. The van der Waals surface area contributed by atoms with Crippen LogP contribution in [-0.2, 0) is 10.1 Å². The number of rotatable bonds is 4. The molecule has 0 radical (unpaired) electrons. The second kappa shape index (κ2) is 7.35. The third-order valence-electron chi connectivity index (χ3n) is 2.78. The molecule has 2 aromatic rings. The summed E-state index contributed by atoms with van der Waals surface area (Å²) in [5.41, 5.74) is 1.70. The number of halogens is 1. The molecule has 2 rings (SSSR count). The molecule has 0 saturated heterocycles. The summed E-state index contributed by atoms with van der Waals surface area (Å²) in [5.74, 6) is 0. The van der Waals surface area contributed by atoms with Crippen LogP contribution in [0.4, 0.5) is 17.1 Å². The van der Waals surface area contributed by atoms with Crippen LogP contribution < -0.4 is 4.90 Å². The highest BCUT2D eigenvalue weighted by molar-refractivity contribution is 7.86. The van der Waals surface area contributed by atoms with Crippen LogP contribution in [0.15, 0.2) is 63.7 Å². The van der Waals surface area contributed by atoms with E-state index in [4.69, 9.17) is 4.55 Å². The van der Waals surface area contributed by atoms with Crippen LogP contribution in [0.3, 0.4) is 0 Å². The third kappa shape index (κ3) is 4.52. The van der Waals surface area contributed by atoms with Crippen LogP contribution in [0.1, 0.15) is 0 Å².